The molecule has 0 aliphatic rings. The second-order valence-corrected chi connectivity index (χ2v) is 7.39. The third-order valence-electron chi connectivity index (χ3n) is 4.49. The van der Waals surface area contributed by atoms with Gasteiger partial charge in [-0.15, -0.1) is 0 Å². The Labute approximate surface area is 185 Å². The zero-order chi connectivity index (χ0) is 22.0. The standard InChI is InChI=1S/C23H16BrN3O4/c1-14(28)31-19-13-16(10-11-17(19)25-23(30)15-7-3-2-4-8-15)20(29)22-26-21(24)18-9-5-6-12-27(18)22/h2-13H,1H3,(H,25,30). The number of fused-ring (bicyclic) bond motifs is 1. The van der Waals surface area contributed by atoms with Crippen LogP contribution in [-0.2, 0) is 4.79 Å². The van der Waals surface area contributed by atoms with Crippen LogP contribution in [0.3, 0.4) is 0 Å². The molecular formula is C23H16BrN3O4. The number of carbonyl (C=O) groups excluding carboxylic acids is 3. The van der Waals surface area contributed by atoms with Gasteiger partial charge in [0.1, 0.15) is 4.60 Å². The van der Waals surface area contributed by atoms with Gasteiger partial charge >= 0.3 is 5.97 Å². The van der Waals surface area contributed by atoms with Crippen molar-refractivity contribution in [3.8, 4) is 5.75 Å². The molecule has 154 valence electrons. The van der Waals surface area contributed by atoms with E-state index in [0.29, 0.717) is 10.2 Å². The van der Waals surface area contributed by atoms with Crippen molar-refractivity contribution in [1.29, 1.82) is 0 Å². The fraction of sp³-hybridized carbons (Fsp3) is 0.0435. The Morgan fingerprint density at radius 2 is 1.71 bits per heavy atom. The molecule has 0 spiro atoms. The molecule has 0 fully saturated rings. The third kappa shape index (κ3) is 4.24. The predicted molar refractivity (Wildman–Crippen MR) is 118 cm³/mol. The minimum Gasteiger partial charge on any atom is -0.424 e. The lowest BCUT2D eigenvalue weighted by molar-refractivity contribution is -0.131. The summed E-state index contributed by atoms with van der Waals surface area (Å²) < 4.78 is 7.47. The molecule has 2 heterocycles. The van der Waals surface area contributed by atoms with Gasteiger partial charge in [-0.2, -0.15) is 0 Å². The number of imidazole rings is 1. The Kier molecular flexibility index (Phi) is 5.64. The molecule has 4 aromatic rings. The molecule has 4 rings (SSSR count). The Hall–Kier alpha value is -3.78. The Morgan fingerprint density at radius 1 is 0.968 bits per heavy atom. The van der Waals surface area contributed by atoms with E-state index in [9.17, 15) is 14.4 Å². The van der Waals surface area contributed by atoms with E-state index in [0.717, 1.165) is 5.52 Å². The summed E-state index contributed by atoms with van der Waals surface area (Å²) in [6.45, 7) is 1.25. The van der Waals surface area contributed by atoms with Gasteiger partial charge in [0.05, 0.1) is 11.2 Å². The van der Waals surface area contributed by atoms with E-state index in [-0.39, 0.29) is 34.5 Å². The van der Waals surface area contributed by atoms with Crippen molar-refractivity contribution in [2.75, 3.05) is 5.32 Å². The van der Waals surface area contributed by atoms with Gasteiger partial charge in [0.15, 0.2) is 11.6 Å². The average Bonchev–Trinajstić information content (AvgIpc) is 3.11. The first-order valence-electron chi connectivity index (χ1n) is 9.30. The van der Waals surface area contributed by atoms with Crippen molar-refractivity contribution in [2.24, 2.45) is 0 Å². The maximum absolute atomic E-state index is 13.1. The average molecular weight is 478 g/mol. The smallest absolute Gasteiger partial charge is 0.308 e. The summed E-state index contributed by atoms with van der Waals surface area (Å²) in [4.78, 5) is 41.6. The zero-order valence-electron chi connectivity index (χ0n) is 16.3. The van der Waals surface area contributed by atoms with Crippen molar-refractivity contribution >= 4 is 44.8 Å². The topological polar surface area (TPSA) is 89.8 Å². The Balaban J connectivity index is 1.70. The zero-order valence-corrected chi connectivity index (χ0v) is 17.9. The van der Waals surface area contributed by atoms with Crippen LogP contribution >= 0.6 is 15.9 Å². The lowest BCUT2D eigenvalue weighted by Crippen LogP contribution is -2.14. The van der Waals surface area contributed by atoms with E-state index in [4.69, 9.17) is 4.74 Å². The monoisotopic (exact) mass is 477 g/mol. The molecule has 7 nitrogen and oxygen atoms in total. The van der Waals surface area contributed by atoms with Gasteiger partial charge in [-0.05, 0) is 58.4 Å². The number of rotatable bonds is 5. The summed E-state index contributed by atoms with van der Waals surface area (Å²) in [5, 5.41) is 2.72. The number of pyridine rings is 1. The molecule has 0 saturated heterocycles. The molecule has 0 bridgehead atoms. The number of hydrogen-bond donors (Lipinski definition) is 1. The van der Waals surface area contributed by atoms with Gasteiger partial charge in [-0.3, -0.25) is 18.8 Å². The number of ketones is 1. The van der Waals surface area contributed by atoms with Crippen LogP contribution in [0.2, 0.25) is 0 Å². The van der Waals surface area contributed by atoms with Crippen molar-refractivity contribution < 1.29 is 19.1 Å². The molecule has 0 aliphatic carbocycles. The number of ether oxygens (including phenoxy) is 1. The molecule has 8 heteroatoms. The molecule has 0 atom stereocenters. The number of nitrogens with zero attached hydrogens (tertiary/aromatic N) is 2. The Morgan fingerprint density at radius 3 is 2.45 bits per heavy atom. The molecule has 0 saturated carbocycles. The molecular weight excluding hydrogens is 462 g/mol. The van der Waals surface area contributed by atoms with Crippen molar-refractivity contribution in [3.05, 3.63) is 94.5 Å². The van der Waals surface area contributed by atoms with Crippen LogP contribution in [0.1, 0.15) is 33.5 Å². The number of nitrogens with one attached hydrogen (secondary N) is 1. The molecule has 2 aromatic heterocycles. The van der Waals surface area contributed by atoms with E-state index >= 15 is 0 Å². The van der Waals surface area contributed by atoms with Crippen LogP contribution < -0.4 is 10.1 Å². The van der Waals surface area contributed by atoms with E-state index in [1.807, 2.05) is 12.1 Å². The van der Waals surface area contributed by atoms with Crippen molar-refractivity contribution in [2.45, 2.75) is 6.92 Å². The van der Waals surface area contributed by atoms with Gasteiger partial charge in [0.25, 0.3) is 5.91 Å². The highest BCUT2D eigenvalue weighted by Crippen LogP contribution is 2.29. The molecule has 31 heavy (non-hydrogen) atoms. The van der Waals surface area contributed by atoms with E-state index in [1.54, 1.807) is 53.1 Å². The minimum absolute atomic E-state index is 0.0718. The summed E-state index contributed by atoms with van der Waals surface area (Å²) >= 11 is 3.37. The highest BCUT2D eigenvalue weighted by Gasteiger charge is 2.20. The second kappa shape index (κ2) is 8.53. The van der Waals surface area contributed by atoms with Gasteiger partial charge in [-0.1, -0.05) is 24.3 Å². The van der Waals surface area contributed by atoms with Crippen molar-refractivity contribution in [3.63, 3.8) is 0 Å². The molecule has 0 unspecified atom stereocenters. The fourth-order valence-corrected chi connectivity index (χ4v) is 3.57. The predicted octanol–water partition coefficient (Wildman–Crippen LogP) is 4.51. The number of amides is 1. The number of anilines is 1. The van der Waals surface area contributed by atoms with E-state index in [1.165, 1.54) is 19.1 Å². The van der Waals surface area contributed by atoms with Crippen LogP contribution in [0.15, 0.2) is 77.5 Å². The van der Waals surface area contributed by atoms with E-state index in [2.05, 4.69) is 26.2 Å². The van der Waals surface area contributed by atoms with Gasteiger partial charge in [0, 0.05) is 24.2 Å². The molecule has 2 aromatic carbocycles. The van der Waals surface area contributed by atoms with Crippen LogP contribution in [-0.4, -0.2) is 27.0 Å². The largest absolute Gasteiger partial charge is 0.424 e. The van der Waals surface area contributed by atoms with Gasteiger partial charge in [0.2, 0.25) is 5.78 Å². The van der Waals surface area contributed by atoms with Gasteiger partial charge in [-0.25, -0.2) is 4.98 Å². The Bertz CT molecular complexity index is 1320. The van der Waals surface area contributed by atoms with Crippen LogP contribution in [0.25, 0.3) is 5.52 Å². The second-order valence-electron chi connectivity index (χ2n) is 6.64. The maximum Gasteiger partial charge on any atom is 0.308 e. The highest BCUT2D eigenvalue weighted by atomic mass is 79.9. The maximum atomic E-state index is 13.1. The molecule has 1 N–H and O–H groups in total. The van der Waals surface area contributed by atoms with Crippen LogP contribution in [0.4, 0.5) is 5.69 Å². The summed E-state index contributed by atoms with van der Waals surface area (Å²) in [6.07, 6.45) is 1.74. The van der Waals surface area contributed by atoms with Gasteiger partial charge < -0.3 is 10.1 Å². The normalized spacial score (nSPS) is 10.6. The number of hydrogen-bond acceptors (Lipinski definition) is 5. The lowest BCUT2D eigenvalue weighted by Gasteiger charge is -2.12. The minimum atomic E-state index is -0.575. The number of carbonyl (C=O) groups is 3. The highest BCUT2D eigenvalue weighted by molar-refractivity contribution is 9.10. The van der Waals surface area contributed by atoms with E-state index < -0.39 is 5.97 Å². The number of esters is 1. The summed E-state index contributed by atoms with van der Waals surface area (Å²) in [5.41, 5.74) is 1.73. The first-order chi connectivity index (χ1) is 14.9. The number of aromatic nitrogens is 2. The quantitative estimate of drug-likeness (QED) is 0.259. The van der Waals surface area contributed by atoms with Crippen LogP contribution in [0, 0.1) is 0 Å². The summed E-state index contributed by atoms with van der Waals surface area (Å²) in [5.74, 6) is -1.02. The molecule has 0 aliphatic heterocycles. The molecule has 0 radical (unpaired) electrons. The summed E-state index contributed by atoms with van der Waals surface area (Å²) in [7, 11) is 0. The SMILES string of the molecule is CC(=O)Oc1cc(C(=O)c2nc(Br)c3ccccn23)ccc1NC(=O)c1ccccc1. The van der Waals surface area contributed by atoms with Crippen LogP contribution in [0.5, 0.6) is 5.75 Å². The number of halogens is 1. The summed E-state index contributed by atoms with van der Waals surface area (Å²) in [6, 6.07) is 18.6. The first-order valence-corrected chi connectivity index (χ1v) is 10.1. The fourth-order valence-electron chi connectivity index (χ4n) is 3.08. The third-order valence-corrected chi connectivity index (χ3v) is 5.07. The molecule has 1 amide bonds. The lowest BCUT2D eigenvalue weighted by atomic mass is 10.1. The van der Waals surface area contributed by atoms with Crippen molar-refractivity contribution in [1.82, 2.24) is 9.38 Å². The number of benzene rings is 2. The first kappa shape index (κ1) is 20.5.